The van der Waals surface area contributed by atoms with E-state index in [9.17, 15) is 4.79 Å². The fourth-order valence-corrected chi connectivity index (χ4v) is 2.55. The van der Waals surface area contributed by atoms with Gasteiger partial charge in [-0.25, -0.2) is 4.68 Å². The second kappa shape index (κ2) is 8.11. The summed E-state index contributed by atoms with van der Waals surface area (Å²) in [5, 5.41) is 12.3. The van der Waals surface area contributed by atoms with E-state index >= 15 is 0 Å². The van der Waals surface area contributed by atoms with Crippen LogP contribution in [-0.2, 0) is 4.79 Å². The number of likely N-dealkylation sites (N-methyl/N-ethyl adjacent to an activating group) is 1. The highest BCUT2D eigenvalue weighted by atomic mass is 79.9. The summed E-state index contributed by atoms with van der Waals surface area (Å²) in [6, 6.07) is 3.61. The van der Waals surface area contributed by atoms with Crippen molar-refractivity contribution in [2.45, 2.75) is 13.8 Å². The van der Waals surface area contributed by atoms with Crippen LogP contribution in [0, 0.1) is 13.8 Å². The molecule has 1 heterocycles. The van der Waals surface area contributed by atoms with Gasteiger partial charge in [0.05, 0.1) is 17.8 Å². The summed E-state index contributed by atoms with van der Waals surface area (Å²) >= 11 is 3.45. The maximum Gasteiger partial charge on any atom is 0.259 e. The molecule has 25 heavy (non-hydrogen) atoms. The highest BCUT2D eigenvalue weighted by molar-refractivity contribution is 9.10. The van der Waals surface area contributed by atoms with Crippen LogP contribution in [0.25, 0.3) is 0 Å². The molecule has 0 saturated heterocycles. The predicted octanol–water partition coefficient (Wildman–Crippen LogP) is 2.02. The van der Waals surface area contributed by atoms with E-state index in [1.54, 1.807) is 31.1 Å². The zero-order valence-corrected chi connectivity index (χ0v) is 16.4. The molecule has 2 rings (SSSR count). The SMILES string of the molecule is COc1cc(/C=N\n2c(C)nnc2C)cc(Br)c1OCC(=O)N(C)C. The minimum atomic E-state index is -0.141. The monoisotopic (exact) mass is 409 g/mol. The lowest BCUT2D eigenvalue weighted by atomic mass is 10.2. The molecule has 1 aromatic carbocycles. The molecule has 2 aromatic rings. The summed E-state index contributed by atoms with van der Waals surface area (Å²) in [7, 11) is 4.89. The second-order valence-corrected chi connectivity index (χ2v) is 6.32. The van der Waals surface area contributed by atoms with Gasteiger partial charge in [-0.05, 0) is 47.5 Å². The Hall–Kier alpha value is -2.42. The number of halogens is 1. The third-order valence-corrected chi connectivity index (χ3v) is 3.95. The molecule has 0 N–H and O–H groups in total. The van der Waals surface area contributed by atoms with Crippen LogP contribution in [0.4, 0.5) is 0 Å². The summed E-state index contributed by atoms with van der Waals surface area (Å²) in [5.41, 5.74) is 0.794. The molecule has 1 aromatic heterocycles. The molecule has 8 nitrogen and oxygen atoms in total. The Morgan fingerprint density at radius 1 is 1.32 bits per heavy atom. The lowest BCUT2D eigenvalue weighted by Crippen LogP contribution is -2.27. The van der Waals surface area contributed by atoms with Gasteiger partial charge in [-0.1, -0.05) is 0 Å². The van der Waals surface area contributed by atoms with Crippen LogP contribution in [0.2, 0.25) is 0 Å². The first-order chi connectivity index (χ1) is 11.8. The largest absolute Gasteiger partial charge is 0.493 e. The van der Waals surface area contributed by atoms with Gasteiger partial charge in [0.15, 0.2) is 29.8 Å². The minimum absolute atomic E-state index is 0.0749. The minimum Gasteiger partial charge on any atom is -0.493 e. The third-order valence-electron chi connectivity index (χ3n) is 3.37. The third kappa shape index (κ3) is 4.56. The first-order valence-electron chi connectivity index (χ1n) is 7.47. The molecule has 0 aliphatic heterocycles. The van der Waals surface area contributed by atoms with Crippen LogP contribution >= 0.6 is 15.9 Å². The number of ether oxygens (including phenoxy) is 2. The van der Waals surface area contributed by atoms with Gasteiger partial charge in [-0.3, -0.25) is 4.79 Å². The fraction of sp³-hybridized carbons (Fsp3) is 0.375. The van der Waals surface area contributed by atoms with E-state index in [1.807, 2.05) is 19.9 Å². The Labute approximate surface area is 154 Å². The summed E-state index contributed by atoms with van der Waals surface area (Å²) in [6.45, 7) is 3.58. The molecule has 0 radical (unpaired) electrons. The second-order valence-electron chi connectivity index (χ2n) is 5.46. The van der Waals surface area contributed by atoms with E-state index in [-0.39, 0.29) is 12.5 Å². The number of hydrogen-bond donors (Lipinski definition) is 0. The van der Waals surface area contributed by atoms with Crippen molar-refractivity contribution in [3.8, 4) is 11.5 Å². The van der Waals surface area contributed by atoms with Gasteiger partial charge in [0.25, 0.3) is 5.91 Å². The molecule has 0 saturated carbocycles. The Bertz CT molecular complexity index is 782. The molecule has 9 heteroatoms. The zero-order chi connectivity index (χ0) is 18.6. The molecule has 1 amide bonds. The van der Waals surface area contributed by atoms with Gasteiger partial charge in [0, 0.05) is 14.1 Å². The topological polar surface area (TPSA) is 81.8 Å². The van der Waals surface area contributed by atoms with Crippen LogP contribution in [0.5, 0.6) is 11.5 Å². The van der Waals surface area contributed by atoms with Gasteiger partial charge in [-0.2, -0.15) is 5.10 Å². The number of nitrogens with zero attached hydrogens (tertiary/aromatic N) is 5. The molecule has 0 unspecified atom stereocenters. The van der Waals surface area contributed by atoms with Crippen LogP contribution in [0.3, 0.4) is 0 Å². The molecule has 0 atom stereocenters. The van der Waals surface area contributed by atoms with Crippen molar-refractivity contribution in [2.24, 2.45) is 5.10 Å². The van der Waals surface area contributed by atoms with Crippen LogP contribution in [-0.4, -0.2) is 59.7 Å². The fourth-order valence-electron chi connectivity index (χ4n) is 1.97. The molecule has 0 fully saturated rings. The lowest BCUT2D eigenvalue weighted by molar-refractivity contribution is -0.130. The van der Waals surface area contributed by atoms with E-state index in [0.717, 1.165) is 5.56 Å². The number of rotatable bonds is 6. The lowest BCUT2D eigenvalue weighted by Gasteiger charge is -2.15. The smallest absolute Gasteiger partial charge is 0.259 e. The average molecular weight is 410 g/mol. The summed E-state index contributed by atoms with van der Waals surface area (Å²) in [4.78, 5) is 13.2. The van der Waals surface area contributed by atoms with Crippen molar-refractivity contribution in [1.29, 1.82) is 0 Å². The Morgan fingerprint density at radius 3 is 2.52 bits per heavy atom. The van der Waals surface area contributed by atoms with Crippen molar-refractivity contribution in [3.63, 3.8) is 0 Å². The van der Waals surface area contributed by atoms with Gasteiger partial charge in [0.1, 0.15) is 0 Å². The average Bonchev–Trinajstić information content (AvgIpc) is 2.89. The van der Waals surface area contributed by atoms with Gasteiger partial charge in [0.2, 0.25) is 0 Å². The van der Waals surface area contributed by atoms with E-state index in [0.29, 0.717) is 27.6 Å². The predicted molar refractivity (Wildman–Crippen MR) is 97.4 cm³/mol. The van der Waals surface area contributed by atoms with Crippen molar-refractivity contribution in [3.05, 3.63) is 33.8 Å². The van der Waals surface area contributed by atoms with Gasteiger partial charge < -0.3 is 14.4 Å². The highest BCUT2D eigenvalue weighted by Gasteiger charge is 2.14. The van der Waals surface area contributed by atoms with Crippen molar-refractivity contribution in [1.82, 2.24) is 19.8 Å². The molecular weight excluding hydrogens is 390 g/mol. The normalized spacial score (nSPS) is 11.0. The maximum absolute atomic E-state index is 11.7. The van der Waals surface area contributed by atoms with Crippen LogP contribution < -0.4 is 9.47 Å². The number of methoxy groups -OCH3 is 1. The van der Waals surface area contributed by atoms with E-state index in [2.05, 4.69) is 31.2 Å². The summed E-state index contributed by atoms with van der Waals surface area (Å²) in [5.74, 6) is 2.22. The van der Waals surface area contributed by atoms with Crippen LogP contribution in [0.1, 0.15) is 17.2 Å². The van der Waals surface area contributed by atoms with E-state index < -0.39 is 0 Å². The van der Waals surface area contributed by atoms with Gasteiger partial charge in [-0.15, -0.1) is 10.2 Å². The van der Waals surface area contributed by atoms with Crippen molar-refractivity contribution < 1.29 is 14.3 Å². The molecule has 0 aliphatic rings. The number of benzene rings is 1. The number of carbonyl (C=O) groups is 1. The van der Waals surface area contributed by atoms with Gasteiger partial charge >= 0.3 is 0 Å². The molecule has 0 aliphatic carbocycles. The van der Waals surface area contributed by atoms with E-state index in [1.165, 1.54) is 12.0 Å². The van der Waals surface area contributed by atoms with Crippen molar-refractivity contribution >= 4 is 28.1 Å². The zero-order valence-electron chi connectivity index (χ0n) is 14.8. The van der Waals surface area contributed by atoms with Crippen LogP contribution in [0.15, 0.2) is 21.7 Å². The van der Waals surface area contributed by atoms with E-state index in [4.69, 9.17) is 9.47 Å². The Morgan fingerprint density at radius 2 is 1.96 bits per heavy atom. The first-order valence-corrected chi connectivity index (χ1v) is 8.26. The first kappa shape index (κ1) is 18.9. The Balaban J connectivity index is 2.25. The number of carbonyl (C=O) groups excluding carboxylic acids is 1. The number of aromatic nitrogens is 3. The number of aryl methyl sites for hydroxylation is 2. The summed E-state index contributed by atoms with van der Waals surface area (Å²) in [6.07, 6.45) is 1.67. The molecule has 0 bridgehead atoms. The quantitative estimate of drug-likeness (QED) is 0.681. The standard InChI is InChI=1S/C16H20BrN5O3/c1-10-19-20-11(2)22(10)18-8-12-6-13(17)16(14(7-12)24-5)25-9-15(23)21(3)4/h6-8H,9H2,1-5H3/b18-8-. The number of hydrogen-bond acceptors (Lipinski definition) is 6. The highest BCUT2D eigenvalue weighted by Crippen LogP contribution is 2.36. The maximum atomic E-state index is 11.7. The molecule has 134 valence electrons. The number of amides is 1. The molecular formula is C16H20BrN5O3. The van der Waals surface area contributed by atoms with Crippen molar-refractivity contribution in [2.75, 3.05) is 27.8 Å². The molecule has 0 spiro atoms. The Kier molecular flexibility index (Phi) is 6.13. The summed E-state index contributed by atoms with van der Waals surface area (Å²) < 4.78 is 13.3.